The second-order valence-corrected chi connectivity index (χ2v) is 11.3. The van der Waals surface area contributed by atoms with E-state index in [0.29, 0.717) is 41.7 Å². The summed E-state index contributed by atoms with van der Waals surface area (Å²) >= 11 is 0. The summed E-state index contributed by atoms with van der Waals surface area (Å²) in [5, 5.41) is 11.5. The largest absolute Gasteiger partial charge is 0.416 e. The number of ether oxygens (including phenoxy) is 1. The lowest BCUT2D eigenvalue weighted by Gasteiger charge is -2.42. The Morgan fingerprint density at radius 3 is 2.14 bits per heavy atom. The Kier molecular flexibility index (Phi) is 8.34. The third-order valence-corrected chi connectivity index (χ3v) is 8.61. The summed E-state index contributed by atoms with van der Waals surface area (Å²) < 4.78 is 102. The van der Waals surface area contributed by atoms with Gasteiger partial charge in [-0.15, -0.1) is 0 Å². The Bertz CT molecular complexity index is 1440. The number of amides is 1. The van der Waals surface area contributed by atoms with Crippen LogP contribution in [0, 0.1) is 24.6 Å². The van der Waals surface area contributed by atoms with Crippen LogP contribution in [0.15, 0.2) is 66.7 Å². The van der Waals surface area contributed by atoms with Gasteiger partial charge in [0, 0.05) is 23.9 Å². The summed E-state index contributed by atoms with van der Waals surface area (Å²) in [6.07, 6.45) is -12.4. The molecule has 1 saturated heterocycles. The highest BCUT2D eigenvalue weighted by atomic mass is 19.4. The van der Waals surface area contributed by atoms with Gasteiger partial charge in [0.15, 0.2) is 0 Å². The maximum Gasteiger partial charge on any atom is 0.416 e. The number of aliphatic hydroxyl groups excluding tert-OH is 1. The molecule has 1 amide bonds. The van der Waals surface area contributed by atoms with E-state index in [-0.39, 0.29) is 30.0 Å². The lowest BCUT2D eigenvalue weighted by Crippen LogP contribution is -2.43. The van der Waals surface area contributed by atoms with Crippen LogP contribution < -0.4 is 0 Å². The maximum atomic E-state index is 14.1. The van der Waals surface area contributed by atoms with Gasteiger partial charge < -0.3 is 14.7 Å². The molecule has 0 radical (unpaired) electrons. The number of fused-ring (bicyclic) bond motifs is 1. The van der Waals surface area contributed by atoms with Gasteiger partial charge in [-0.2, -0.15) is 26.3 Å². The van der Waals surface area contributed by atoms with Crippen LogP contribution in [0.4, 0.5) is 30.7 Å². The molecule has 4 nitrogen and oxygen atoms in total. The molecule has 1 heterocycles. The van der Waals surface area contributed by atoms with E-state index in [2.05, 4.69) is 0 Å². The van der Waals surface area contributed by atoms with Crippen molar-refractivity contribution in [3.05, 3.63) is 106 Å². The Morgan fingerprint density at radius 2 is 1.56 bits per heavy atom. The SMILES string of the molecule is Cc1cc(F)ccc1[C@H]1[C@@H]2C(O)N(C(=O)c3ccccc3)C[C@H]2CC[C@@H]1O[C@H](C)c1cc(C(F)(F)F)cc(C(F)(F)F)c1. The van der Waals surface area contributed by atoms with Gasteiger partial charge in [-0.3, -0.25) is 4.79 Å². The Balaban J connectivity index is 1.50. The van der Waals surface area contributed by atoms with E-state index in [1.165, 1.54) is 24.0 Å². The van der Waals surface area contributed by atoms with Crippen molar-refractivity contribution in [1.82, 2.24) is 4.90 Å². The van der Waals surface area contributed by atoms with Crippen molar-refractivity contribution in [1.29, 1.82) is 0 Å². The molecular formula is C32H30F7NO3. The molecule has 2 fully saturated rings. The minimum absolute atomic E-state index is 0.0688. The van der Waals surface area contributed by atoms with Crippen molar-refractivity contribution < 1.29 is 45.4 Å². The van der Waals surface area contributed by atoms with Gasteiger partial charge in [-0.05, 0) is 91.8 Å². The van der Waals surface area contributed by atoms with Gasteiger partial charge in [0.25, 0.3) is 5.91 Å². The number of benzene rings is 3. The molecule has 3 aromatic rings. The number of carbonyl (C=O) groups is 1. The second kappa shape index (κ2) is 11.6. The first-order valence-electron chi connectivity index (χ1n) is 13.9. The zero-order valence-corrected chi connectivity index (χ0v) is 23.3. The van der Waals surface area contributed by atoms with E-state index in [1.807, 2.05) is 0 Å². The standard InChI is InChI=1S/C32H30F7NO3/c1-17-12-24(33)9-10-25(17)28-26(43-18(2)21-13-22(31(34,35)36)15-23(14-21)32(37,38)39)11-8-20-16-40(30(42)27(20)28)29(41)19-6-4-3-5-7-19/h3-7,9-10,12-15,18,20,26-28,30,42H,8,11,16H2,1-2H3/t18-,20-,26+,27-,28-,30?/m1/s1. The van der Waals surface area contributed by atoms with E-state index in [4.69, 9.17) is 4.74 Å². The summed E-state index contributed by atoms with van der Waals surface area (Å²) in [7, 11) is 0. The van der Waals surface area contributed by atoms with Crippen molar-refractivity contribution in [2.24, 2.45) is 11.8 Å². The molecule has 6 atom stereocenters. The number of aliphatic hydroxyl groups is 1. The number of hydrogen-bond donors (Lipinski definition) is 1. The molecule has 0 aromatic heterocycles. The molecule has 0 spiro atoms. The summed E-state index contributed by atoms with van der Waals surface area (Å²) in [6, 6.07) is 13.9. The summed E-state index contributed by atoms with van der Waals surface area (Å²) in [6.45, 7) is 3.31. The maximum absolute atomic E-state index is 14.1. The molecule has 1 saturated carbocycles. The molecule has 2 aliphatic rings. The van der Waals surface area contributed by atoms with Gasteiger partial charge in [0.1, 0.15) is 12.0 Å². The molecule has 11 heteroatoms. The van der Waals surface area contributed by atoms with Crippen molar-refractivity contribution in [2.45, 2.75) is 63.4 Å². The first-order chi connectivity index (χ1) is 20.1. The predicted molar refractivity (Wildman–Crippen MR) is 143 cm³/mol. The number of likely N-dealkylation sites (tertiary alicyclic amines) is 1. The average Bonchev–Trinajstić information content (AvgIpc) is 3.28. The number of aryl methyl sites for hydroxylation is 1. The number of carbonyl (C=O) groups excluding carboxylic acids is 1. The monoisotopic (exact) mass is 609 g/mol. The molecular weight excluding hydrogens is 579 g/mol. The minimum Gasteiger partial charge on any atom is -0.373 e. The lowest BCUT2D eigenvalue weighted by molar-refractivity contribution is -0.143. The summed E-state index contributed by atoms with van der Waals surface area (Å²) in [4.78, 5) is 14.7. The van der Waals surface area contributed by atoms with E-state index >= 15 is 0 Å². The van der Waals surface area contributed by atoms with E-state index < -0.39 is 59.6 Å². The molecule has 0 bridgehead atoms. The van der Waals surface area contributed by atoms with Crippen LogP contribution in [0.3, 0.4) is 0 Å². The minimum atomic E-state index is -5.01. The Hall–Kier alpha value is -3.44. The number of halogens is 7. The van der Waals surface area contributed by atoms with E-state index in [9.17, 15) is 40.6 Å². The molecule has 1 aliphatic heterocycles. The molecule has 5 rings (SSSR count). The molecule has 230 valence electrons. The van der Waals surface area contributed by atoms with E-state index in [1.54, 1.807) is 43.3 Å². The third-order valence-electron chi connectivity index (χ3n) is 8.61. The number of rotatable bonds is 5. The van der Waals surface area contributed by atoms with Gasteiger partial charge in [-0.1, -0.05) is 24.3 Å². The average molecular weight is 610 g/mol. The first kappa shape index (κ1) is 31.0. The first-order valence-corrected chi connectivity index (χ1v) is 13.9. The van der Waals surface area contributed by atoms with E-state index in [0.717, 1.165) is 0 Å². The van der Waals surface area contributed by atoms with Crippen molar-refractivity contribution in [3.63, 3.8) is 0 Å². The number of alkyl halides is 6. The quantitative estimate of drug-likeness (QED) is 0.299. The normalized spacial score (nSPS) is 25.0. The Labute approximate surface area is 244 Å². The van der Waals surface area contributed by atoms with Gasteiger partial charge in [-0.25, -0.2) is 4.39 Å². The third kappa shape index (κ3) is 6.28. The fourth-order valence-electron chi connectivity index (χ4n) is 6.58. The highest BCUT2D eigenvalue weighted by Gasteiger charge is 2.52. The predicted octanol–water partition coefficient (Wildman–Crippen LogP) is 7.90. The summed E-state index contributed by atoms with van der Waals surface area (Å²) in [5.41, 5.74) is -1.62. The number of nitrogens with zero attached hydrogens (tertiary/aromatic N) is 1. The van der Waals surface area contributed by atoms with Crippen LogP contribution in [0.2, 0.25) is 0 Å². The van der Waals surface area contributed by atoms with Crippen LogP contribution in [0.25, 0.3) is 0 Å². The molecule has 1 unspecified atom stereocenters. The molecule has 3 aromatic carbocycles. The van der Waals surface area contributed by atoms with Crippen LogP contribution in [-0.4, -0.2) is 34.8 Å². The number of hydrogen-bond acceptors (Lipinski definition) is 3. The molecule has 1 aliphatic carbocycles. The van der Waals surface area contributed by atoms with Gasteiger partial charge in [0.2, 0.25) is 0 Å². The highest BCUT2D eigenvalue weighted by Crippen LogP contribution is 2.51. The van der Waals surface area contributed by atoms with Gasteiger partial charge >= 0.3 is 12.4 Å². The summed E-state index contributed by atoms with van der Waals surface area (Å²) in [5.74, 6) is -2.23. The van der Waals surface area contributed by atoms with Crippen molar-refractivity contribution in [3.8, 4) is 0 Å². The van der Waals surface area contributed by atoms with Crippen LogP contribution in [0.1, 0.15) is 70.0 Å². The highest BCUT2D eigenvalue weighted by molar-refractivity contribution is 5.94. The molecule has 1 N–H and O–H groups in total. The lowest BCUT2D eigenvalue weighted by atomic mass is 9.68. The van der Waals surface area contributed by atoms with Crippen LogP contribution in [-0.2, 0) is 17.1 Å². The van der Waals surface area contributed by atoms with Crippen LogP contribution >= 0.6 is 0 Å². The zero-order chi connectivity index (χ0) is 31.3. The van der Waals surface area contributed by atoms with Crippen LogP contribution in [0.5, 0.6) is 0 Å². The topological polar surface area (TPSA) is 49.8 Å². The molecule has 43 heavy (non-hydrogen) atoms. The van der Waals surface area contributed by atoms with Gasteiger partial charge in [0.05, 0.1) is 23.3 Å². The second-order valence-electron chi connectivity index (χ2n) is 11.3. The smallest absolute Gasteiger partial charge is 0.373 e. The fraction of sp³-hybridized carbons (Fsp3) is 0.406. The fourth-order valence-corrected chi connectivity index (χ4v) is 6.58. The van der Waals surface area contributed by atoms with Crippen molar-refractivity contribution in [2.75, 3.05) is 6.54 Å². The van der Waals surface area contributed by atoms with Crippen molar-refractivity contribution >= 4 is 5.91 Å². The Morgan fingerprint density at radius 1 is 0.930 bits per heavy atom. The zero-order valence-electron chi connectivity index (χ0n) is 23.3.